The summed E-state index contributed by atoms with van der Waals surface area (Å²) in [6.07, 6.45) is 3.79. The van der Waals surface area contributed by atoms with Gasteiger partial charge in [0.05, 0.1) is 30.9 Å². The van der Waals surface area contributed by atoms with Gasteiger partial charge in [-0.05, 0) is 31.0 Å². The van der Waals surface area contributed by atoms with Gasteiger partial charge >= 0.3 is 0 Å². The number of hydrogen-bond donors (Lipinski definition) is 1. The summed E-state index contributed by atoms with van der Waals surface area (Å²) in [6.45, 7) is 7.71. The molecule has 2 saturated heterocycles. The molecule has 1 amide bonds. The van der Waals surface area contributed by atoms with Crippen LogP contribution in [0.2, 0.25) is 0 Å². The molecule has 0 spiro atoms. The highest BCUT2D eigenvalue weighted by Crippen LogP contribution is 2.24. The molecule has 2 aromatic rings. The van der Waals surface area contributed by atoms with Gasteiger partial charge in [0.1, 0.15) is 0 Å². The van der Waals surface area contributed by atoms with Crippen molar-refractivity contribution in [2.75, 3.05) is 26.3 Å². The molecule has 0 saturated carbocycles. The van der Waals surface area contributed by atoms with Crippen molar-refractivity contribution in [3.63, 3.8) is 0 Å². The Hall–Kier alpha value is -2.18. The quantitative estimate of drug-likeness (QED) is 0.918. The highest BCUT2D eigenvalue weighted by Gasteiger charge is 2.33. The van der Waals surface area contributed by atoms with Crippen LogP contribution in [0.4, 0.5) is 0 Å². The lowest BCUT2D eigenvalue weighted by Gasteiger charge is -2.28. The first-order valence-corrected chi connectivity index (χ1v) is 8.81. The van der Waals surface area contributed by atoms with Crippen molar-refractivity contribution in [2.45, 2.75) is 26.4 Å². The molecule has 4 rings (SSSR count). The molecule has 0 unspecified atom stereocenters. The SMILES string of the molecule is Cc1cc(C)c(-n2cccn2)c(CN2C[C@H]3COC[C@@H](C2)C(=O)N3)c1. The van der Waals surface area contributed by atoms with Crippen molar-refractivity contribution < 1.29 is 9.53 Å². The third kappa shape index (κ3) is 3.32. The Morgan fingerprint density at radius 3 is 2.96 bits per heavy atom. The van der Waals surface area contributed by atoms with Gasteiger partial charge in [-0.3, -0.25) is 9.69 Å². The van der Waals surface area contributed by atoms with E-state index in [1.54, 1.807) is 6.20 Å². The molecule has 1 aromatic carbocycles. The van der Waals surface area contributed by atoms with E-state index in [1.807, 2.05) is 16.9 Å². The number of aryl methyl sites for hydroxylation is 2. The number of nitrogens with zero attached hydrogens (tertiary/aromatic N) is 3. The van der Waals surface area contributed by atoms with Crippen LogP contribution in [0, 0.1) is 19.8 Å². The number of benzene rings is 1. The molecule has 2 aliphatic rings. The minimum absolute atomic E-state index is 0.0686. The molecule has 3 heterocycles. The zero-order valence-electron chi connectivity index (χ0n) is 14.7. The summed E-state index contributed by atoms with van der Waals surface area (Å²) < 4.78 is 7.57. The van der Waals surface area contributed by atoms with Gasteiger partial charge < -0.3 is 10.1 Å². The second-order valence-electron chi connectivity index (χ2n) is 7.17. The van der Waals surface area contributed by atoms with Gasteiger partial charge in [0, 0.05) is 32.0 Å². The molecule has 132 valence electrons. The summed E-state index contributed by atoms with van der Waals surface area (Å²) in [5.74, 6) is 0.0317. The van der Waals surface area contributed by atoms with E-state index in [2.05, 4.69) is 41.3 Å². The highest BCUT2D eigenvalue weighted by molar-refractivity contribution is 5.80. The molecule has 0 radical (unpaired) electrons. The molecule has 2 bridgehead atoms. The lowest BCUT2D eigenvalue weighted by atomic mass is 10.0. The van der Waals surface area contributed by atoms with Crippen LogP contribution in [0.1, 0.15) is 16.7 Å². The average Bonchev–Trinajstić information content (AvgIpc) is 2.93. The van der Waals surface area contributed by atoms with E-state index in [-0.39, 0.29) is 17.9 Å². The van der Waals surface area contributed by atoms with Crippen molar-refractivity contribution in [3.05, 3.63) is 47.3 Å². The molecule has 1 aromatic heterocycles. The Morgan fingerprint density at radius 1 is 1.28 bits per heavy atom. The van der Waals surface area contributed by atoms with Crippen LogP contribution in [-0.4, -0.2) is 52.9 Å². The largest absolute Gasteiger partial charge is 0.378 e. The Bertz CT molecular complexity index is 772. The zero-order chi connectivity index (χ0) is 17.4. The summed E-state index contributed by atoms with van der Waals surface area (Å²) >= 11 is 0. The van der Waals surface area contributed by atoms with E-state index in [0.29, 0.717) is 13.2 Å². The second kappa shape index (κ2) is 6.61. The maximum atomic E-state index is 12.2. The molecule has 2 aliphatic heterocycles. The van der Waals surface area contributed by atoms with E-state index in [9.17, 15) is 4.79 Å². The summed E-state index contributed by atoms with van der Waals surface area (Å²) in [5, 5.41) is 7.53. The van der Waals surface area contributed by atoms with Gasteiger partial charge in [-0.1, -0.05) is 17.7 Å². The number of hydrogen-bond acceptors (Lipinski definition) is 4. The third-order valence-electron chi connectivity index (χ3n) is 4.96. The summed E-state index contributed by atoms with van der Waals surface area (Å²) in [5.41, 5.74) is 4.84. The highest BCUT2D eigenvalue weighted by atomic mass is 16.5. The van der Waals surface area contributed by atoms with E-state index >= 15 is 0 Å². The van der Waals surface area contributed by atoms with E-state index in [1.165, 1.54) is 16.7 Å². The van der Waals surface area contributed by atoms with Crippen molar-refractivity contribution in [1.29, 1.82) is 0 Å². The van der Waals surface area contributed by atoms with Crippen molar-refractivity contribution in [1.82, 2.24) is 20.0 Å². The smallest absolute Gasteiger partial charge is 0.227 e. The predicted molar refractivity (Wildman–Crippen MR) is 94.6 cm³/mol. The van der Waals surface area contributed by atoms with Gasteiger partial charge in [0.15, 0.2) is 0 Å². The van der Waals surface area contributed by atoms with Gasteiger partial charge in [0.25, 0.3) is 0 Å². The fraction of sp³-hybridized carbons (Fsp3) is 0.474. The van der Waals surface area contributed by atoms with Crippen LogP contribution in [0.15, 0.2) is 30.6 Å². The molecule has 6 nitrogen and oxygen atoms in total. The first-order chi connectivity index (χ1) is 12.1. The van der Waals surface area contributed by atoms with E-state index < -0.39 is 0 Å². The van der Waals surface area contributed by atoms with Gasteiger partial charge in [-0.15, -0.1) is 0 Å². The maximum Gasteiger partial charge on any atom is 0.227 e. The zero-order valence-corrected chi connectivity index (χ0v) is 14.7. The number of amides is 1. The Balaban J connectivity index is 1.65. The van der Waals surface area contributed by atoms with E-state index in [0.717, 1.165) is 25.3 Å². The van der Waals surface area contributed by atoms with Gasteiger partial charge in [-0.2, -0.15) is 5.10 Å². The number of ether oxygens (including phenoxy) is 1. The Kier molecular flexibility index (Phi) is 4.31. The van der Waals surface area contributed by atoms with Crippen LogP contribution in [-0.2, 0) is 16.1 Å². The molecule has 0 aliphatic carbocycles. The maximum absolute atomic E-state index is 12.2. The van der Waals surface area contributed by atoms with Crippen molar-refractivity contribution in [3.8, 4) is 5.69 Å². The molecule has 6 heteroatoms. The van der Waals surface area contributed by atoms with Crippen LogP contribution < -0.4 is 5.32 Å². The molecular weight excluding hydrogens is 316 g/mol. The van der Waals surface area contributed by atoms with Gasteiger partial charge in [0.2, 0.25) is 5.91 Å². The minimum Gasteiger partial charge on any atom is -0.378 e. The summed E-state index contributed by atoms with van der Waals surface area (Å²) in [4.78, 5) is 14.6. The van der Waals surface area contributed by atoms with Crippen molar-refractivity contribution in [2.24, 2.45) is 5.92 Å². The topological polar surface area (TPSA) is 59.4 Å². The number of aromatic nitrogens is 2. The normalized spacial score (nSPS) is 24.0. The Morgan fingerprint density at radius 2 is 2.16 bits per heavy atom. The predicted octanol–water partition coefficient (Wildman–Crippen LogP) is 1.44. The monoisotopic (exact) mass is 340 g/mol. The molecule has 2 fully saturated rings. The lowest BCUT2D eigenvalue weighted by molar-refractivity contribution is -0.125. The number of rotatable bonds is 3. The van der Waals surface area contributed by atoms with Crippen molar-refractivity contribution >= 4 is 5.91 Å². The number of carbonyl (C=O) groups excluding carboxylic acids is 1. The lowest BCUT2D eigenvalue weighted by Crippen LogP contribution is -2.41. The molecular formula is C19H24N4O2. The average molecular weight is 340 g/mol. The summed E-state index contributed by atoms with van der Waals surface area (Å²) in [6, 6.07) is 6.44. The summed E-state index contributed by atoms with van der Waals surface area (Å²) in [7, 11) is 0. The number of carbonyl (C=O) groups is 1. The van der Waals surface area contributed by atoms with Crippen LogP contribution in [0.25, 0.3) is 5.69 Å². The molecule has 25 heavy (non-hydrogen) atoms. The van der Waals surface area contributed by atoms with Crippen LogP contribution in [0.3, 0.4) is 0 Å². The first kappa shape index (κ1) is 16.3. The second-order valence-corrected chi connectivity index (χ2v) is 7.17. The third-order valence-corrected chi connectivity index (χ3v) is 4.96. The fourth-order valence-corrected chi connectivity index (χ4v) is 3.99. The number of nitrogens with one attached hydrogen (secondary N) is 1. The number of fused-ring (bicyclic) bond motifs is 3. The van der Waals surface area contributed by atoms with Crippen LogP contribution >= 0.6 is 0 Å². The van der Waals surface area contributed by atoms with Gasteiger partial charge in [-0.25, -0.2) is 4.68 Å². The standard InChI is InChI=1S/C19H24N4O2/c1-13-6-14(2)18(23-5-3-4-20-23)15(7-13)8-22-9-16-11-25-12-17(10-22)21-19(16)24/h3-7,16-17H,8-12H2,1-2H3,(H,21,24)/t16-,17+/m1/s1. The first-order valence-electron chi connectivity index (χ1n) is 8.81. The minimum atomic E-state index is -0.0911. The van der Waals surface area contributed by atoms with Crippen LogP contribution in [0.5, 0.6) is 0 Å². The van der Waals surface area contributed by atoms with E-state index in [4.69, 9.17) is 4.74 Å². The molecule has 1 N–H and O–H groups in total. The fourth-order valence-electron chi connectivity index (χ4n) is 3.99. The molecule has 2 atom stereocenters. The Labute approximate surface area is 147 Å².